The molecule has 0 saturated carbocycles. The Labute approximate surface area is 173 Å². The highest BCUT2D eigenvalue weighted by Crippen LogP contribution is 2.37. The van der Waals surface area contributed by atoms with Crippen LogP contribution in [-0.4, -0.2) is 25.0 Å². The van der Waals surface area contributed by atoms with Crippen molar-refractivity contribution in [2.75, 3.05) is 23.4 Å². The van der Waals surface area contributed by atoms with Crippen LogP contribution < -0.4 is 15.0 Å². The maximum absolute atomic E-state index is 12.5. The third kappa shape index (κ3) is 4.97. The minimum Gasteiger partial charge on any atom is -0.482 e. The molecule has 2 aromatic carbocycles. The van der Waals surface area contributed by atoms with E-state index < -0.39 is 0 Å². The summed E-state index contributed by atoms with van der Waals surface area (Å²) in [6.45, 7) is 9.09. The standard InChI is InChI=1S/C24H30N2O3/c1-5-24(3,4)18-10-13-21-20(15-18)26(23(28)16-29-21)14-6-7-22(27)25-19-11-8-17(2)9-12-19/h8-13,15H,5-7,14,16H2,1-4H3,(H,25,27). The fraction of sp³-hybridized carbons (Fsp3) is 0.417. The molecule has 154 valence electrons. The van der Waals surface area contributed by atoms with E-state index in [9.17, 15) is 9.59 Å². The third-order valence-electron chi connectivity index (χ3n) is 5.69. The van der Waals surface area contributed by atoms with Crippen LogP contribution in [0.2, 0.25) is 0 Å². The zero-order valence-corrected chi connectivity index (χ0v) is 17.7. The van der Waals surface area contributed by atoms with Gasteiger partial charge >= 0.3 is 0 Å². The molecule has 1 N–H and O–H groups in total. The molecule has 0 radical (unpaired) electrons. The number of amides is 2. The number of anilines is 2. The summed E-state index contributed by atoms with van der Waals surface area (Å²) in [5, 5.41) is 2.91. The predicted molar refractivity (Wildman–Crippen MR) is 117 cm³/mol. The van der Waals surface area contributed by atoms with Crippen LogP contribution in [-0.2, 0) is 15.0 Å². The number of hydrogen-bond acceptors (Lipinski definition) is 3. The SMILES string of the molecule is CCC(C)(C)c1ccc2c(c1)N(CCCC(=O)Nc1ccc(C)cc1)C(=O)CO2. The average molecular weight is 395 g/mol. The van der Waals surface area contributed by atoms with E-state index in [2.05, 4.69) is 38.2 Å². The van der Waals surface area contributed by atoms with Gasteiger partial charge in [-0.3, -0.25) is 9.59 Å². The van der Waals surface area contributed by atoms with Crippen LogP contribution in [0.3, 0.4) is 0 Å². The molecule has 0 aromatic heterocycles. The summed E-state index contributed by atoms with van der Waals surface area (Å²) in [5.74, 6) is 0.614. The summed E-state index contributed by atoms with van der Waals surface area (Å²) in [4.78, 5) is 26.5. The molecular weight excluding hydrogens is 364 g/mol. The molecule has 0 aliphatic carbocycles. The van der Waals surface area contributed by atoms with Gasteiger partial charge in [0.25, 0.3) is 5.91 Å². The van der Waals surface area contributed by atoms with Crippen LogP contribution in [0.4, 0.5) is 11.4 Å². The van der Waals surface area contributed by atoms with Crippen molar-refractivity contribution in [2.45, 2.75) is 52.4 Å². The maximum atomic E-state index is 12.5. The highest BCUT2D eigenvalue weighted by Gasteiger charge is 2.28. The first-order valence-electron chi connectivity index (χ1n) is 10.2. The minimum atomic E-state index is -0.0668. The molecule has 29 heavy (non-hydrogen) atoms. The summed E-state index contributed by atoms with van der Waals surface area (Å²) in [6, 6.07) is 13.8. The second kappa shape index (κ2) is 8.68. The lowest BCUT2D eigenvalue weighted by Gasteiger charge is -2.32. The molecule has 5 nitrogen and oxygen atoms in total. The second-order valence-corrected chi connectivity index (χ2v) is 8.27. The lowest BCUT2D eigenvalue weighted by atomic mass is 9.82. The summed E-state index contributed by atoms with van der Waals surface area (Å²) < 4.78 is 5.61. The van der Waals surface area contributed by atoms with Gasteiger partial charge in [0.2, 0.25) is 5.91 Å². The first kappa shape index (κ1) is 20.9. The summed E-state index contributed by atoms with van der Waals surface area (Å²) in [7, 11) is 0. The summed E-state index contributed by atoms with van der Waals surface area (Å²) in [6.07, 6.45) is 1.94. The Morgan fingerprint density at radius 3 is 2.59 bits per heavy atom. The Kier molecular flexibility index (Phi) is 6.26. The van der Waals surface area contributed by atoms with Gasteiger partial charge in [0, 0.05) is 18.7 Å². The van der Waals surface area contributed by atoms with E-state index in [1.807, 2.05) is 37.3 Å². The number of nitrogens with zero attached hydrogens (tertiary/aromatic N) is 1. The number of hydrogen-bond donors (Lipinski definition) is 1. The monoisotopic (exact) mass is 394 g/mol. The lowest BCUT2D eigenvalue weighted by molar-refractivity contribution is -0.121. The van der Waals surface area contributed by atoms with E-state index in [0.717, 1.165) is 29.1 Å². The van der Waals surface area contributed by atoms with Gasteiger partial charge in [-0.1, -0.05) is 44.5 Å². The molecule has 2 aromatic rings. The largest absolute Gasteiger partial charge is 0.482 e. The number of carbonyl (C=O) groups is 2. The first-order valence-corrected chi connectivity index (χ1v) is 10.2. The lowest BCUT2D eigenvalue weighted by Crippen LogP contribution is -2.40. The molecule has 0 bridgehead atoms. The summed E-state index contributed by atoms with van der Waals surface area (Å²) >= 11 is 0. The van der Waals surface area contributed by atoms with E-state index in [-0.39, 0.29) is 23.8 Å². The fourth-order valence-corrected chi connectivity index (χ4v) is 3.33. The van der Waals surface area contributed by atoms with E-state index in [4.69, 9.17) is 4.74 Å². The van der Waals surface area contributed by atoms with Gasteiger partial charge in [0.1, 0.15) is 5.75 Å². The van der Waals surface area contributed by atoms with Gasteiger partial charge in [-0.2, -0.15) is 0 Å². The van der Waals surface area contributed by atoms with E-state index in [1.165, 1.54) is 5.56 Å². The van der Waals surface area contributed by atoms with Gasteiger partial charge in [-0.25, -0.2) is 0 Å². The molecule has 1 aliphatic rings. The molecule has 3 rings (SSSR count). The Morgan fingerprint density at radius 2 is 1.90 bits per heavy atom. The van der Waals surface area contributed by atoms with Gasteiger partial charge in [-0.05, 0) is 55.0 Å². The summed E-state index contributed by atoms with van der Waals surface area (Å²) in [5.41, 5.74) is 3.95. The van der Waals surface area contributed by atoms with Crippen molar-refractivity contribution in [1.82, 2.24) is 0 Å². The maximum Gasteiger partial charge on any atom is 0.265 e. The number of ether oxygens (including phenoxy) is 1. The zero-order chi connectivity index (χ0) is 21.0. The number of rotatable bonds is 7. The number of carbonyl (C=O) groups excluding carboxylic acids is 2. The average Bonchev–Trinajstić information content (AvgIpc) is 2.71. The van der Waals surface area contributed by atoms with Crippen LogP contribution in [0, 0.1) is 6.92 Å². The van der Waals surface area contributed by atoms with E-state index >= 15 is 0 Å². The fourth-order valence-electron chi connectivity index (χ4n) is 3.33. The van der Waals surface area contributed by atoms with Crippen molar-refractivity contribution in [3.8, 4) is 5.75 Å². The van der Waals surface area contributed by atoms with Gasteiger partial charge in [0.05, 0.1) is 5.69 Å². The Hall–Kier alpha value is -2.82. The molecule has 0 atom stereocenters. The molecule has 1 heterocycles. The van der Waals surface area contributed by atoms with Crippen molar-refractivity contribution in [3.05, 3.63) is 53.6 Å². The Balaban J connectivity index is 1.65. The molecule has 0 spiro atoms. The Morgan fingerprint density at radius 1 is 1.17 bits per heavy atom. The number of nitrogens with one attached hydrogen (secondary N) is 1. The van der Waals surface area contributed by atoms with Crippen molar-refractivity contribution in [1.29, 1.82) is 0 Å². The van der Waals surface area contributed by atoms with Crippen molar-refractivity contribution < 1.29 is 14.3 Å². The Bertz CT molecular complexity index is 887. The van der Waals surface area contributed by atoms with E-state index in [1.54, 1.807) is 4.90 Å². The molecule has 5 heteroatoms. The smallest absolute Gasteiger partial charge is 0.265 e. The van der Waals surface area contributed by atoms with Crippen LogP contribution in [0.1, 0.15) is 51.2 Å². The third-order valence-corrected chi connectivity index (χ3v) is 5.69. The van der Waals surface area contributed by atoms with Crippen LogP contribution in [0.5, 0.6) is 5.75 Å². The molecule has 0 fully saturated rings. The van der Waals surface area contributed by atoms with Crippen LogP contribution in [0.15, 0.2) is 42.5 Å². The number of aryl methyl sites for hydroxylation is 1. The van der Waals surface area contributed by atoms with E-state index in [0.29, 0.717) is 19.4 Å². The molecule has 0 saturated heterocycles. The number of benzene rings is 2. The van der Waals surface area contributed by atoms with Crippen LogP contribution >= 0.6 is 0 Å². The van der Waals surface area contributed by atoms with Crippen molar-refractivity contribution >= 4 is 23.2 Å². The first-order chi connectivity index (χ1) is 13.8. The molecule has 2 amide bonds. The van der Waals surface area contributed by atoms with Crippen LogP contribution in [0.25, 0.3) is 0 Å². The van der Waals surface area contributed by atoms with Crippen molar-refractivity contribution in [2.24, 2.45) is 0 Å². The predicted octanol–water partition coefficient (Wildman–Crippen LogP) is 4.83. The minimum absolute atomic E-state index is 0.0229. The highest BCUT2D eigenvalue weighted by atomic mass is 16.5. The molecule has 0 unspecified atom stereocenters. The topological polar surface area (TPSA) is 58.6 Å². The van der Waals surface area contributed by atoms with Gasteiger partial charge < -0.3 is 15.0 Å². The zero-order valence-electron chi connectivity index (χ0n) is 17.7. The molecular formula is C24H30N2O3. The quantitative estimate of drug-likeness (QED) is 0.732. The normalized spacial score (nSPS) is 13.7. The number of fused-ring (bicyclic) bond motifs is 1. The highest BCUT2D eigenvalue weighted by molar-refractivity contribution is 5.98. The second-order valence-electron chi connectivity index (χ2n) is 8.27. The van der Waals surface area contributed by atoms with Gasteiger partial charge in [-0.15, -0.1) is 0 Å². The molecule has 1 aliphatic heterocycles. The van der Waals surface area contributed by atoms with Gasteiger partial charge in [0.15, 0.2) is 6.61 Å². The van der Waals surface area contributed by atoms with Crippen molar-refractivity contribution in [3.63, 3.8) is 0 Å².